The summed E-state index contributed by atoms with van der Waals surface area (Å²) in [5.74, 6) is 1.77. The minimum absolute atomic E-state index is 0.565. The second-order valence-electron chi connectivity index (χ2n) is 6.84. The summed E-state index contributed by atoms with van der Waals surface area (Å²) in [7, 11) is 4.83. The summed E-state index contributed by atoms with van der Waals surface area (Å²) in [5, 5.41) is 6.92. The zero-order chi connectivity index (χ0) is 21.4. The molecule has 0 radical (unpaired) electrons. The van der Waals surface area contributed by atoms with Crippen LogP contribution in [0, 0.1) is 0 Å². The molecule has 0 N–H and O–H groups in total. The Morgan fingerprint density at radius 3 is 2.28 bits per heavy atom. The van der Waals surface area contributed by atoms with Gasteiger partial charge in [-0.25, -0.2) is 4.68 Å². The highest BCUT2D eigenvalue weighted by Crippen LogP contribution is 2.41. The molecule has 0 saturated carbocycles. The predicted molar refractivity (Wildman–Crippen MR) is 121 cm³/mol. The predicted octanol–water partition coefficient (Wildman–Crippen LogP) is 5.13. The van der Waals surface area contributed by atoms with E-state index in [0.29, 0.717) is 23.8 Å². The van der Waals surface area contributed by atoms with Crippen molar-refractivity contribution in [1.82, 2.24) is 4.68 Å². The van der Waals surface area contributed by atoms with Gasteiger partial charge in [0.1, 0.15) is 0 Å². The molecular weight excluding hydrogens is 386 g/mol. The average molecular weight is 418 g/mol. The number of hydrogen-bond donors (Lipinski definition) is 0. The molecule has 29 heavy (non-hydrogen) atoms. The lowest BCUT2D eigenvalue weighted by molar-refractivity contribution is 0.324. The first-order chi connectivity index (χ1) is 13.9. The molecule has 1 aromatic heterocycles. The minimum atomic E-state index is 0.565. The maximum atomic E-state index is 5.52. The van der Waals surface area contributed by atoms with Crippen LogP contribution in [0.2, 0.25) is 0 Å². The number of nitrogens with zero attached hydrogens (tertiary/aromatic N) is 3. The molecule has 0 unspecified atom stereocenters. The molecule has 7 heteroatoms. The standard InChI is InChI=1S/C22H31N3O3S/c1-8-9-10-16(4)24-25-18(14-29-22(25)23-13-15(2)3)17-11-19(26-5)21(28-7)20(12-17)27-6/h11-12,14H,2,8-10,13H2,1,3-7H3. The van der Waals surface area contributed by atoms with Crippen LogP contribution in [0.3, 0.4) is 0 Å². The van der Waals surface area contributed by atoms with Gasteiger partial charge in [-0.05, 0) is 38.8 Å². The fourth-order valence-electron chi connectivity index (χ4n) is 2.79. The lowest BCUT2D eigenvalue weighted by Gasteiger charge is -2.14. The Morgan fingerprint density at radius 2 is 1.76 bits per heavy atom. The highest BCUT2D eigenvalue weighted by Gasteiger charge is 2.17. The molecule has 1 aromatic carbocycles. The molecule has 0 amide bonds. The van der Waals surface area contributed by atoms with E-state index < -0.39 is 0 Å². The molecular formula is C22H31N3O3S. The van der Waals surface area contributed by atoms with E-state index in [4.69, 9.17) is 24.3 Å². The Balaban J connectivity index is 2.66. The van der Waals surface area contributed by atoms with Crippen molar-refractivity contribution in [3.05, 3.63) is 34.5 Å². The van der Waals surface area contributed by atoms with Gasteiger partial charge in [0.2, 0.25) is 10.6 Å². The second-order valence-corrected chi connectivity index (χ2v) is 7.68. The van der Waals surface area contributed by atoms with Crippen LogP contribution < -0.4 is 19.0 Å². The van der Waals surface area contributed by atoms with Crippen LogP contribution >= 0.6 is 11.3 Å². The van der Waals surface area contributed by atoms with Gasteiger partial charge < -0.3 is 14.2 Å². The molecule has 0 aliphatic carbocycles. The number of aromatic nitrogens is 1. The van der Waals surface area contributed by atoms with E-state index in [1.54, 1.807) is 32.7 Å². The van der Waals surface area contributed by atoms with E-state index >= 15 is 0 Å². The Bertz CT molecular complexity index is 916. The molecule has 2 rings (SSSR count). The van der Waals surface area contributed by atoms with Gasteiger partial charge in [-0.15, -0.1) is 11.3 Å². The van der Waals surface area contributed by atoms with Gasteiger partial charge in [-0.2, -0.15) is 5.10 Å². The van der Waals surface area contributed by atoms with Crippen LogP contribution in [0.15, 0.2) is 39.8 Å². The van der Waals surface area contributed by atoms with Crippen LogP contribution in [0.5, 0.6) is 17.2 Å². The third kappa shape index (κ3) is 5.73. The molecule has 0 spiro atoms. The first-order valence-electron chi connectivity index (χ1n) is 9.65. The summed E-state index contributed by atoms with van der Waals surface area (Å²) in [6.07, 6.45) is 3.19. The van der Waals surface area contributed by atoms with Gasteiger partial charge >= 0.3 is 0 Å². The molecule has 0 atom stereocenters. The van der Waals surface area contributed by atoms with Gasteiger partial charge in [-0.1, -0.05) is 25.5 Å². The van der Waals surface area contributed by atoms with E-state index in [-0.39, 0.29) is 0 Å². The minimum Gasteiger partial charge on any atom is -0.493 e. The summed E-state index contributed by atoms with van der Waals surface area (Å²) < 4.78 is 18.4. The number of hydrogen-bond acceptors (Lipinski definition) is 6. The lowest BCUT2D eigenvalue weighted by atomic mass is 10.1. The van der Waals surface area contributed by atoms with Crippen molar-refractivity contribution in [1.29, 1.82) is 0 Å². The molecule has 0 fully saturated rings. The fourth-order valence-corrected chi connectivity index (χ4v) is 3.62. The van der Waals surface area contributed by atoms with Gasteiger partial charge in [0.05, 0.1) is 33.6 Å². The topological polar surface area (TPSA) is 57.3 Å². The molecule has 1 heterocycles. The number of methoxy groups -OCH3 is 3. The summed E-state index contributed by atoms with van der Waals surface area (Å²) in [5.41, 5.74) is 3.91. The van der Waals surface area contributed by atoms with Crippen molar-refractivity contribution in [2.75, 3.05) is 27.9 Å². The van der Waals surface area contributed by atoms with Crippen molar-refractivity contribution in [2.45, 2.75) is 40.0 Å². The van der Waals surface area contributed by atoms with E-state index in [0.717, 1.165) is 46.6 Å². The maximum absolute atomic E-state index is 5.52. The highest BCUT2D eigenvalue weighted by molar-refractivity contribution is 7.07. The quantitative estimate of drug-likeness (QED) is 0.398. The molecule has 0 aliphatic rings. The van der Waals surface area contributed by atoms with Crippen LogP contribution in [0.1, 0.15) is 40.0 Å². The zero-order valence-electron chi connectivity index (χ0n) is 18.2. The van der Waals surface area contributed by atoms with Gasteiger partial charge in [0, 0.05) is 16.7 Å². The Morgan fingerprint density at radius 1 is 1.10 bits per heavy atom. The first-order valence-corrected chi connectivity index (χ1v) is 10.5. The Labute approximate surface area is 177 Å². The third-order valence-electron chi connectivity index (χ3n) is 4.29. The summed E-state index contributed by atoms with van der Waals surface area (Å²) in [6.45, 7) is 10.7. The van der Waals surface area contributed by atoms with Crippen LogP contribution in [0.25, 0.3) is 11.3 Å². The van der Waals surface area contributed by atoms with Crippen LogP contribution in [-0.2, 0) is 0 Å². The van der Waals surface area contributed by atoms with Crippen LogP contribution in [0.4, 0.5) is 0 Å². The lowest BCUT2D eigenvalue weighted by Crippen LogP contribution is -2.14. The SMILES string of the molecule is C=C(C)CN=c1scc(-c2cc(OC)c(OC)c(OC)c2)n1N=C(C)CCCC. The summed E-state index contributed by atoms with van der Waals surface area (Å²) in [4.78, 5) is 5.52. The van der Waals surface area contributed by atoms with Crippen molar-refractivity contribution >= 4 is 17.0 Å². The van der Waals surface area contributed by atoms with E-state index in [1.807, 2.05) is 23.7 Å². The van der Waals surface area contributed by atoms with Crippen LogP contribution in [-0.4, -0.2) is 38.3 Å². The molecule has 158 valence electrons. The molecule has 6 nitrogen and oxygen atoms in total. The normalized spacial score (nSPS) is 12.2. The number of ether oxygens (including phenoxy) is 3. The van der Waals surface area contributed by atoms with Crippen molar-refractivity contribution in [2.24, 2.45) is 10.1 Å². The van der Waals surface area contributed by atoms with Crippen molar-refractivity contribution < 1.29 is 14.2 Å². The fraction of sp³-hybridized carbons (Fsp3) is 0.455. The van der Waals surface area contributed by atoms with Gasteiger partial charge in [-0.3, -0.25) is 4.99 Å². The Hall–Kier alpha value is -2.54. The maximum Gasteiger partial charge on any atom is 0.206 e. The van der Waals surface area contributed by atoms with E-state index in [1.165, 1.54) is 0 Å². The van der Waals surface area contributed by atoms with Gasteiger partial charge in [0.25, 0.3) is 0 Å². The molecule has 0 aliphatic heterocycles. The average Bonchev–Trinajstić information content (AvgIpc) is 3.11. The monoisotopic (exact) mass is 417 g/mol. The first kappa shape index (κ1) is 22.7. The van der Waals surface area contributed by atoms with Crippen molar-refractivity contribution in [3.8, 4) is 28.5 Å². The smallest absolute Gasteiger partial charge is 0.206 e. The number of thiazole rings is 1. The molecule has 0 saturated heterocycles. The second kappa shape index (κ2) is 10.9. The number of benzene rings is 1. The van der Waals surface area contributed by atoms with E-state index in [9.17, 15) is 0 Å². The summed E-state index contributed by atoms with van der Waals surface area (Å²) in [6, 6.07) is 3.86. The highest BCUT2D eigenvalue weighted by atomic mass is 32.1. The molecule has 2 aromatic rings. The number of unbranched alkanes of at least 4 members (excludes halogenated alkanes) is 1. The van der Waals surface area contributed by atoms with Crippen molar-refractivity contribution in [3.63, 3.8) is 0 Å². The summed E-state index contributed by atoms with van der Waals surface area (Å²) >= 11 is 1.55. The van der Waals surface area contributed by atoms with Gasteiger partial charge in [0.15, 0.2) is 11.5 Å². The third-order valence-corrected chi connectivity index (χ3v) is 5.15. The Kier molecular flexibility index (Phi) is 8.51. The zero-order valence-corrected chi connectivity index (χ0v) is 19.1. The van der Waals surface area contributed by atoms with E-state index in [2.05, 4.69) is 25.8 Å². The molecule has 0 bridgehead atoms. The number of rotatable bonds is 10. The largest absolute Gasteiger partial charge is 0.493 e.